The number of carbonyl (C=O) groups is 4. The molecule has 224 valence electrons. The van der Waals surface area contributed by atoms with E-state index in [2.05, 4.69) is 22.0 Å². The van der Waals surface area contributed by atoms with Gasteiger partial charge in [-0.1, -0.05) is 30.3 Å². The fourth-order valence-corrected chi connectivity index (χ4v) is 4.71. The molecular weight excluding hydrogens is 544 g/mol. The van der Waals surface area contributed by atoms with Gasteiger partial charge in [-0.25, -0.2) is 4.79 Å². The normalized spacial score (nSPS) is 13.0. The van der Waals surface area contributed by atoms with Crippen LogP contribution in [0, 0.1) is 13.8 Å². The standard InChI is InChI=1S/C34H38N4O5/c1-22-19-30(32(41)37-28-12-8-25(9-13-28)26-14-16-38(21-39)17-15-26)23(2)18-29(22)31(40)36-27-10-6-24(7-11-27)20-35-33(42)43-34(3,4)5/h6-14,18-19,21H,15-17,20H2,1-5H3,(H,35,42)(H,36,40)(H,37,41). The molecule has 9 heteroatoms. The first-order chi connectivity index (χ1) is 20.4. The maximum Gasteiger partial charge on any atom is 0.407 e. The molecule has 0 spiro atoms. The molecule has 1 heterocycles. The van der Waals surface area contributed by atoms with E-state index in [9.17, 15) is 19.2 Å². The minimum atomic E-state index is -0.570. The number of rotatable bonds is 8. The van der Waals surface area contributed by atoms with Crippen LogP contribution >= 0.6 is 0 Å². The molecule has 0 bridgehead atoms. The van der Waals surface area contributed by atoms with Gasteiger partial charge in [-0.05, 0) is 105 Å². The Hall–Kier alpha value is -4.92. The third kappa shape index (κ3) is 8.54. The lowest BCUT2D eigenvalue weighted by atomic mass is 9.98. The first-order valence-corrected chi connectivity index (χ1v) is 14.2. The van der Waals surface area contributed by atoms with Crippen LogP contribution in [0.25, 0.3) is 5.57 Å². The Labute approximate surface area is 252 Å². The highest BCUT2D eigenvalue weighted by Gasteiger charge is 2.18. The number of aryl methyl sites for hydroxylation is 2. The fourth-order valence-electron chi connectivity index (χ4n) is 4.71. The number of anilines is 2. The number of nitrogens with one attached hydrogen (secondary N) is 3. The second-order valence-corrected chi connectivity index (χ2v) is 11.6. The van der Waals surface area contributed by atoms with Crippen LogP contribution in [-0.4, -0.2) is 47.9 Å². The Morgan fingerprint density at radius 1 is 0.860 bits per heavy atom. The Balaban J connectivity index is 1.35. The maximum absolute atomic E-state index is 13.1. The summed E-state index contributed by atoms with van der Waals surface area (Å²) in [7, 11) is 0. The second-order valence-electron chi connectivity index (χ2n) is 11.6. The van der Waals surface area contributed by atoms with Gasteiger partial charge in [0.25, 0.3) is 11.8 Å². The zero-order valence-electron chi connectivity index (χ0n) is 25.2. The highest BCUT2D eigenvalue weighted by atomic mass is 16.6. The van der Waals surface area contributed by atoms with E-state index in [1.165, 1.54) is 5.57 Å². The molecule has 3 aromatic rings. The highest BCUT2D eigenvalue weighted by molar-refractivity contribution is 6.09. The number of alkyl carbamates (subject to hydrolysis) is 1. The van der Waals surface area contributed by atoms with Crippen molar-refractivity contribution >= 4 is 41.3 Å². The maximum atomic E-state index is 13.1. The number of nitrogens with zero attached hydrogens (tertiary/aromatic N) is 1. The quantitative estimate of drug-likeness (QED) is 0.279. The van der Waals surface area contributed by atoms with Crippen molar-refractivity contribution < 1.29 is 23.9 Å². The third-order valence-electron chi connectivity index (χ3n) is 7.01. The van der Waals surface area contributed by atoms with Gasteiger partial charge in [-0.2, -0.15) is 0 Å². The topological polar surface area (TPSA) is 117 Å². The van der Waals surface area contributed by atoms with E-state index >= 15 is 0 Å². The predicted octanol–water partition coefficient (Wildman–Crippen LogP) is 6.08. The summed E-state index contributed by atoms with van der Waals surface area (Å²) in [5, 5.41) is 8.56. The van der Waals surface area contributed by atoms with Crippen molar-refractivity contribution in [2.24, 2.45) is 0 Å². The van der Waals surface area contributed by atoms with Crippen LogP contribution in [0.15, 0.2) is 66.7 Å². The van der Waals surface area contributed by atoms with Crippen molar-refractivity contribution in [3.63, 3.8) is 0 Å². The molecule has 0 saturated heterocycles. The van der Waals surface area contributed by atoms with Gasteiger partial charge in [0.05, 0.1) is 0 Å². The van der Waals surface area contributed by atoms with Gasteiger partial charge < -0.3 is 25.6 Å². The van der Waals surface area contributed by atoms with Gasteiger partial charge in [-0.3, -0.25) is 14.4 Å². The van der Waals surface area contributed by atoms with Gasteiger partial charge >= 0.3 is 6.09 Å². The van der Waals surface area contributed by atoms with Gasteiger partial charge in [0, 0.05) is 42.1 Å². The number of hydrogen-bond acceptors (Lipinski definition) is 5. The molecule has 0 aliphatic carbocycles. The molecular formula is C34H38N4O5. The zero-order valence-corrected chi connectivity index (χ0v) is 25.2. The number of amides is 4. The first kappa shape index (κ1) is 31.0. The molecule has 43 heavy (non-hydrogen) atoms. The van der Waals surface area contributed by atoms with E-state index in [1.807, 2.05) is 36.4 Å². The van der Waals surface area contributed by atoms with Crippen molar-refractivity contribution in [3.05, 3.63) is 100 Å². The Bertz CT molecular complexity index is 1540. The van der Waals surface area contributed by atoms with E-state index in [-0.39, 0.29) is 11.8 Å². The van der Waals surface area contributed by atoms with Crippen LogP contribution in [0.1, 0.15) is 70.2 Å². The number of ether oxygens (including phenoxy) is 1. The lowest BCUT2D eigenvalue weighted by Crippen LogP contribution is -2.32. The molecule has 1 aliphatic rings. The van der Waals surface area contributed by atoms with Crippen LogP contribution in [0.2, 0.25) is 0 Å². The summed E-state index contributed by atoms with van der Waals surface area (Å²) in [6.45, 7) is 10.6. The van der Waals surface area contributed by atoms with Gasteiger partial charge in [0.2, 0.25) is 6.41 Å². The number of hydrogen-bond donors (Lipinski definition) is 3. The van der Waals surface area contributed by atoms with E-state index in [0.29, 0.717) is 53.3 Å². The molecule has 0 atom stereocenters. The summed E-state index contributed by atoms with van der Waals surface area (Å²) in [6, 6.07) is 18.3. The fraction of sp³-hybridized carbons (Fsp3) is 0.294. The van der Waals surface area contributed by atoms with Crippen molar-refractivity contribution in [2.75, 3.05) is 23.7 Å². The van der Waals surface area contributed by atoms with Gasteiger partial charge in [0.15, 0.2) is 0 Å². The molecule has 0 radical (unpaired) electrons. The molecule has 3 aromatic carbocycles. The molecule has 0 unspecified atom stereocenters. The van der Waals surface area contributed by atoms with Crippen LogP contribution in [0.4, 0.5) is 16.2 Å². The number of benzene rings is 3. The monoisotopic (exact) mass is 582 g/mol. The molecule has 0 saturated carbocycles. The average molecular weight is 583 g/mol. The Kier molecular flexibility index (Phi) is 9.65. The van der Waals surface area contributed by atoms with Crippen molar-refractivity contribution in [1.82, 2.24) is 10.2 Å². The Morgan fingerprint density at radius 2 is 1.40 bits per heavy atom. The Morgan fingerprint density at radius 3 is 1.86 bits per heavy atom. The summed E-state index contributed by atoms with van der Waals surface area (Å²) in [6.07, 6.45) is 3.22. The highest BCUT2D eigenvalue weighted by Crippen LogP contribution is 2.24. The summed E-state index contributed by atoms with van der Waals surface area (Å²) < 4.78 is 5.25. The molecule has 9 nitrogen and oxygen atoms in total. The molecule has 4 amide bonds. The molecule has 4 rings (SSSR count). The predicted molar refractivity (Wildman–Crippen MR) is 168 cm³/mol. The SMILES string of the molecule is Cc1cc(C(=O)Nc2ccc(C3=CCN(C=O)CC3)cc2)c(C)cc1C(=O)Nc1ccc(CNC(=O)OC(C)(C)C)cc1. The lowest BCUT2D eigenvalue weighted by molar-refractivity contribution is -0.117. The van der Waals surface area contributed by atoms with Gasteiger partial charge in [-0.15, -0.1) is 0 Å². The van der Waals surface area contributed by atoms with E-state index < -0.39 is 11.7 Å². The van der Waals surface area contributed by atoms with Crippen LogP contribution in [0.5, 0.6) is 0 Å². The third-order valence-corrected chi connectivity index (χ3v) is 7.01. The van der Waals surface area contributed by atoms with Crippen LogP contribution < -0.4 is 16.0 Å². The van der Waals surface area contributed by atoms with Crippen LogP contribution in [0.3, 0.4) is 0 Å². The van der Waals surface area contributed by atoms with E-state index in [4.69, 9.17) is 4.74 Å². The molecule has 0 aromatic heterocycles. The first-order valence-electron chi connectivity index (χ1n) is 14.2. The average Bonchev–Trinajstić information content (AvgIpc) is 2.97. The molecule has 0 fully saturated rings. The number of carbonyl (C=O) groups excluding carboxylic acids is 4. The van der Waals surface area contributed by atoms with Crippen LogP contribution in [-0.2, 0) is 16.1 Å². The molecule has 1 aliphatic heterocycles. The van der Waals surface area contributed by atoms with Crippen molar-refractivity contribution in [1.29, 1.82) is 0 Å². The van der Waals surface area contributed by atoms with Crippen molar-refractivity contribution in [2.45, 2.75) is 53.2 Å². The minimum absolute atomic E-state index is 0.255. The largest absolute Gasteiger partial charge is 0.444 e. The van der Waals surface area contributed by atoms with E-state index in [1.54, 1.807) is 63.8 Å². The lowest BCUT2D eigenvalue weighted by Gasteiger charge is -2.22. The summed E-state index contributed by atoms with van der Waals surface area (Å²) in [4.78, 5) is 50.7. The summed E-state index contributed by atoms with van der Waals surface area (Å²) >= 11 is 0. The molecule has 3 N–H and O–H groups in total. The minimum Gasteiger partial charge on any atom is -0.444 e. The zero-order chi connectivity index (χ0) is 31.1. The van der Waals surface area contributed by atoms with Gasteiger partial charge in [0.1, 0.15) is 5.60 Å². The second kappa shape index (κ2) is 13.4. The van der Waals surface area contributed by atoms with Crippen molar-refractivity contribution in [3.8, 4) is 0 Å². The summed E-state index contributed by atoms with van der Waals surface area (Å²) in [5.41, 5.74) is 6.14. The van der Waals surface area contributed by atoms with E-state index in [0.717, 1.165) is 24.0 Å². The smallest absolute Gasteiger partial charge is 0.407 e. The summed E-state index contributed by atoms with van der Waals surface area (Å²) in [5.74, 6) is -0.537.